The number of amides is 1. The standard InChI is InChI=1S/C11H13NO2.C2H6/c13-11(12-14)10-6-5-8-3-1-2-4-9(8)7-10;1-2/h5-7,14H,1-4H2,(H,12,13);1-2H3. The van der Waals surface area contributed by atoms with E-state index in [4.69, 9.17) is 5.21 Å². The predicted octanol–water partition coefficient (Wildman–Crippen LogP) is 2.71. The normalized spacial score (nSPS) is 13.2. The van der Waals surface area contributed by atoms with E-state index in [-0.39, 0.29) is 0 Å². The molecule has 0 aromatic heterocycles. The van der Waals surface area contributed by atoms with Crippen LogP contribution >= 0.6 is 0 Å². The van der Waals surface area contributed by atoms with Gasteiger partial charge in [0.2, 0.25) is 0 Å². The maximum Gasteiger partial charge on any atom is 0.274 e. The SMILES string of the molecule is CC.O=C(NO)c1ccc2c(c1)CCCC2. The summed E-state index contributed by atoms with van der Waals surface area (Å²) in [4.78, 5) is 11.1. The first-order chi connectivity index (χ1) is 7.81. The lowest BCUT2D eigenvalue weighted by molar-refractivity contribution is 0.0706. The third kappa shape index (κ3) is 2.83. The molecule has 0 spiro atoms. The quantitative estimate of drug-likeness (QED) is 0.566. The molecule has 0 heterocycles. The maximum absolute atomic E-state index is 11.1. The second kappa shape index (κ2) is 6.28. The fourth-order valence-electron chi connectivity index (χ4n) is 1.94. The molecule has 2 N–H and O–H groups in total. The number of hydroxylamine groups is 1. The number of carbonyl (C=O) groups is 1. The van der Waals surface area contributed by atoms with E-state index in [9.17, 15) is 4.79 Å². The van der Waals surface area contributed by atoms with Gasteiger partial charge < -0.3 is 0 Å². The fourth-order valence-corrected chi connectivity index (χ4v) is 1.94. The highest BCUT2D eigenvalue weighted by atomic mass is 16.5. The molecule has 0 unspecified atom stereocenters. The minimum Gasteiger partial charge on any atom is -0.288 e. The predicted molar refractivity (Wildman–Crippen MR) is 63.7 cm³/mol. The molecular weight excluding hydrogens is 202 g/mol. The highest BCUT2D eigenvalue weighted by molar-refractivity contribution is 5.93. The Balaban J connectivity index is 0.000000606. The summed E-state index contributed by atoms with van der Waals surface area (Å²) in [5, 5.41) is 8.49. The second-order valence-corrected chi connectivity index (χ2v) is 3.63. The number of aryl methyl sites for hydroxylation is 2. The van der Waals surface area contributed by atoms with Gasteiger partial charge in [-0.25, -0.2) is 5.48 Å². The van der Waals surface area contributed by atoms with Crippen LogP contribution < -0.4 is 5.48 Å². The first kappa shape index (κ1) is 12.7. The Morgan fingerprint density at radius 1 is 1.19 bits per heavy atom. The van der Waals surface area contributed by atoms with Crippen LogP contribution in [0.4, 0.5) is 0 Å². The van der Waals surface area contributed by atoms with Gasteiger partial charge in [-0.1, -0.05) is 19.9 Å². The average Bonchev–Trinajstić information content (AvgIpc) is 2.39. The van der Waals surface area contributed by atoms with Crippen LogP contribution in [0, 0.1) is 0 Å². The van der Waals surface area contributed by atoms with Crippen molar-refractivity contribution < 1.29 is 10.0 Å². The molecule has 88 valence electrons. The molecule has 1 aliphatic rings. The number of hydrogen-bond donors (Lipinski definition) is 2. The van der Waals surface area contributed by atoms with E-state index in [0.717, 1.165) is 12.8 Å². The summed E-state index contributed by atoms with van der Waals surface area (Å²) in [6.45, 7) is 4.00. The van der Waals surface area contributed by atoms with E-state index >= 15 is 0 Å². The van der Waals surface area contributed by atoms with Gasteiger partial charge in [-0.15, -0.1) is 0 Å². The van der Waals surface area contributed by atoms with Crippen LogP contribution in [-0.4, -0.2) is 11.1 Å². The molecule has 16 heavy (non-hydrogen) atoms. The van der Waals surface area contributed by atoms with E-state index < -0.39 is 5.91 Å². The minimum absolute atomic E-state index is 0.432. The molecule has 3 nitrogen and oxygen atoms in total. The Hall–Kier alpha value is -1.35. The molecule has 0 bridgehead atoms. The highest BCUT2D eigenvalue weighted by Crippen LogP contribution is 2.22. The van der Waals surface area contributed by atoms with E-state index in [2.05, 4.69) is 0 Å². The van der Waals surface area contributed by atoms with Gasteiger partial charge in [0.25, 0.3) is 5.91 Å². The van der Waals surface area contributed by atoms with Crippen LogP contribution in [-0.2, 0) is 12.8 Å². The second-order valence-electron chi connectivity index (χ2n) is 3.63. The molecule has 0 radical (unpaired) electrons. The molecule has 1 aliphatic carbocycles. The summed E-state index contributed by atoms with van der Waals surface area (Å²) in [5.41, 5.74) is 4.77. The van der Waals surface area contributed by atoms with Crippen LogP contribution in [0.25, 0.3) is 0 Å². The van der Waals surface area contributed by atoms with Crippen molar-refractivity contribution in [2.45, 2.75) is 39.5 Å². The van der Waals surface area contributed by atoms with Gasteiger partial charge in [-0.05, 0) is 48.9 Å². The average molecular weight is 221 g/mol. The number of nitrogens with one attached hydrogen (secondary N) is 1. The molecule has 0 saturated heterocycles. The van der Waals surface area contributed by atoms with E-state index in [1.807, 2.05) is 26.0 Å². The Labute approximate surface area is 96.4 Å². The van der Waals surface area contributed by atoms with Crippen molar-refractivity contribution in [2.24, 2.45) is 0 Å². The van der Waals surface area contributed by atoms with Gasteiger partial charge in [0.15, 0.2) is 0 Å². The third-order valence-corrected chi connectivity index (χ3v) is 2.71. The zero-order valence-corrected chi connectivity index (χ0v) is 9.92. The molecule has 3 heteroatoms. The molecule has 0 aliphatic heterocycles. The Morgan fingerprint density at radius 3 is 2.44 bits per heavy atom. The zero-order chi connectivity index (χ0) is 12.0. The molecule has 1 aromatic carbocycles. The van der Waals surface area contributed by atoms with Gasteiger partial charge in [0.1, 0.15) is 0 Å². The van der Waals surface area contributed by atoms with Crippen LogP contribution in [0.5, 0.6) is 0 Å². The van der Waals surface area contributed by atoms with Gasteiger partial charge >= 0.3 is 0 Å². The molecule has 2 rings (SSSR count). The Morgan fingerprint density at radius 2 is 1.81 bits per heavy atom. The smallest absolute Gasteiger partial charge is 0.274 e. The third-order valence-electron chi connectivity index (χ3n) is 2.71. The van der Waals surface area contributed by atoms with Crippen molar-refractivity contribution in [2.75, 3.05) is 0 Å². The number of hydrogen-bond acceptors (Lipinski definition) is 2. The van der Waals surface area contributed by atoms with E-state index in [1.165, 1.54) is 24.0 Å². The molecule has 0 fully saturated rings. The first-order valence-electron chi connectivity index (χ1n) is 5.87. The first-order valence-corrected chi connectivity index (χ1v) is 5.87. The highest BCUT2D eigenvalue weighted by Gasteiger charge is 2.11. The van der Waals surface area contributed by atoms with E-state index in [1.54, 1.807) is 11.5 Å². The number of benzene rings is 1. The lowest BCUT2D eigenvalue weighted by atomic mass is 9.90. The van der Waals surface area contributed by atoms with E-state index in [0.29, 0.717) is 5.56 Å². The Bertz CT molecular complexity index is 361. The number of carbonyl (C=O) groups excluding carboxylic acids is 1. The zero-order valence-electron chi connectivity index (χ0n) is 9.92. The van der Waals surface area contributed by atoms with Crippen LogP contribution in [0.15, 0.2) is 18.2 Å². The molecular formula is C13H19NO2. The largest absolute Gasteiger partial charge is 0.288 e. The lowest BCUT2D eigenvalue weighted by Crippen LogP contribution is -2.19. The van der Waals surface area contributed by atoms with Gasteiger partial charge in [0, 0.05) is 5.56 Å². The monoisotopic (exact) mass is 221 g/mol. The van der Waals surface area contributed by atoms with Crippen molar-refractivity contribution in [3.05, 3.63) is 34.9 Å². The van der Waals surface area contributed by atoms with Crippen molar-refractivity contribution >= 4 is 5.91 Å². The van der Waals surface area contributed by atoms with Crippen LogP contribution in [0.1, 0.15) is 48.2 Å². The molecule has 1 amide bonds. The minimum atomic E-state index is -0.432. The van der Waals surface area contributed by atoms with Crippen molar-refractivity contribution in [3.63, 3.8) is 0 Å². The molecule has 0 atom stereocenters. The van der Waals surface area contributed by atoms with Gasteiger partial charge in [-0.2, -0.15) is 0 Å². The van der Waals surface area contributed by atoms with Crippen molar-refractivity contribution in [3.8, 4) is 0 Å². The van der Waals surface area contributed by atoms with Gasteiger partial charge in [0.05, 0.1) is 0 Å². The van der Waals surface area contributed by atoms with Crippen LogP contribution in [0.3, 0.4) is 0 Å². The van der Waals surface area contributed by atoms with Crippen LogP contribution in [0.2, 0.25) is 0 Å². The summed E-state index contributed by atoms with van der Waals surface area (Å²) in [7, 11) is 0. The number of rotatable bonds is 1. The topological polar surface area (TPSA) is 49.3 Å². The number of fused-ring (bicyclic) bond motifs is 1. The summed E-state index contributed by atoms with van der Waals surface area (Å²) in [5.74, 6) is -0.432. The molecule has 1 aromatic rings. The molecule has 0 saturated carbocycles. The van der Waals surface area contributed by atoms with Crippen molar-refractivity contribution in [1.29, 1.82) is 0 Å². The summed E-state index contributed by atoms with van der Waals surface area (Å²) >= 11 is 0. The summed E-state index contributed by atoms with van der Waals surface area (Å²) in [6.07, 6.45) is 4.58. The fraction of sp³-hybridized carbons (Fsp3) is 0.462. The lowest BCUT2D eigenvalue weighted by Gasteiger charge is -2.15. The van der Waals surface area contributed by atoms with Crippen molar-refractivity contribution in [1.82, 2.24) is 5.48 Å². The summed E-state index contributed by atoms with van der Waals surface area (Å²) in [6, 6.07) is 5.62. The summed E-state index contributed by atoms with van der Waals surface area (Å²) < 4.78 is 0. The maximum atomic E-state index is 11.1. The Kier molecular flexibility index (Phi) is 4.99. The van der Waals surface area contributed by atoms with Gasteiger partial charge in [-0.3, -0.25) is 10.0 Å².